The van der Waals surface area contributed by atoms with E-state index in [1.165, 1.54) is 4.90 Å². The van der Waals surface area contributed by atoms with Crippen LogP contribution in [0.15, 0.2) is 18.2 Å². The smallest absolute Gasteiger partial charge is 0.299 e. The Morgan fingerprint density at radius 3 is 2.62 bits per heavy atom. The van der Waals surface area contributed by atoms with E-state index in [0.29, 0.717) is 16.8 Å². The second-order valence-corrected chi connectivity index (χ2v) is 2.93. The maximum Gasteiger partial charge on any atom is 0.299 e. The third kappa shape index (κ3) is 0.900. The van der Waals surface area contributed by atoms with Crippen molar-refractivity contribution in [3.63, 3.8) is 0 Å². The SMILES string of the molecule is [CH]c1cccc2c1C(=O)C(=O)N2C. The number of nitrogens with zero attached hydrogens (tertiary/aromatic N) is 1. The van der Waals surface area contributed by atoms with Gasteiger partial charge in [-0.2, -0.15) is 0 Å². The summed E-state index contributed by atoms with van der Waals surface area (Å²) in [6, 6.07) is 5.04. The van der Waals surface area contributed by atoms with E-state index in [1.807, 2.05) is 0 Å². The van der Waals surface area contributed by atoms with E-state index in [2.05, 4.69) is 0 Å². The Bertz CT molecular complexity index is 409. The highest BCUT2D eigenvalue weighted by molar-refractivity contribution is 6.52. The molecule has 0 fully saturated rings. The number of benzene rings is 1. The summed E-state index contributed by atoms with van der Waals surface area (Å²) in [5, 5.41) is 0. The monoisotopic (exact) mass is 173 g/mol. The molecular formula is C10H7NO2. The average molecular weight is 173 g/mol. The topological polar surface area (TPSA) is 37.4 Å². The van der Waals surface area contributed by atoms with Gasteiger partial charge in [0, 0.05) is 7.05 Å². The number of carbonyl (C=O) groups is 2. The Morgan fingerprint density at radius 1 is 1.31 bits per heavy atom. The second-order valence-electron chi connectivity index (χ2n) is 2.93. The minimum absolute atomic E-state index is 0.329. The Hall–Kier alpha value is -1.64. The van der Waals surface area contributed by atoms with Crippen LogP contribution in [0.2, 0.25) is 0 Å². The van der Waals surface area contributed by atoms with Gasteiger partial charge in [0.1, 0.15) is 0 Å². The fourth-order valence-electron chi connectivity index (χ4n) is 1.45. The van der Waals surface area contributed by atoms with Gasteiger partial charge in [-0.1, -0.05) is 12.1 Å². The van der Waals surface area contributed by atoms with Crippen molar-refractivity contribution in [1.29, 1.82) is 0 Å². The summed E-state index contributed by atoms with van der Waals surface area (Å²) >= 11 is 0. The van der Waals surface area contributed by atoms with Crippen molar-refractivity contribution in [3.05, 3.63) is 36.2 Å². The molecule has 0 aliphatic carbocycles. The highest BCUT2D eigenvalue weighted by atomic mass is 16.2. The van der Waals surface area contributed by atoms with E-state index in [1.54, 1.807) is 25.2 Å². The van der Waals surface area contributed by atoms with Crippen molar-refractivity contribution in [1.82, 2.24) is 0 Å². The highest BCUT2D eigenvalue weighted by Crippen LogP contribution is 2.29. The van der Waals surface area contributed by atoms with Crippen LogP contribution in [0, 0.1) is 6.92 Å². The van der Waals surface area contributed by atoms with Crippen LogP contribution in [-0.2, 0) is 4.79 Å². The third-order valence-electron chi connectivity index (χ3n) is 2.16. The summed E-state index contributed by atoms with van der Waals surface area (Å²) in [4.78, 5) is 23.9. The van der Waals surface area contributed by atoms with Crippen LogP contribution in [0.3, 0.4) is 0 Å². The Labute approximate surface area is 76.0 Å². The van der Waals surface area contributed by atoms with Crippen LogP contribution >= 0.6 is 0 Å². The molecule has 2 rings (SSSR count). The minimum Gasteiger partial charge on any atom is -0.308 e. The van der Waals surface area contributed by atoms with Crippen molar-refractivity contribution in [2.24, 2.45) is 0 Å². The third-order valence-corrected chi connectivity index (χ3v) is 2.16. The minimum atomic E-state index is -0.520. The van der Waals surface area contributed by atoms with E-state index in [0.717, 1.165) is 0 Å². The largest absolute Gasteiger partial charge is 0.308 e. The molecule has 0 N–H and O–H groups in total. The first-order chi connectivity index (χ1) is 6.13. The zero-order valence-corrected chi connectivity index (χ0v) is 7.07. The van der Waals surface area contributed by atoms with Gasteiger partial charge in [0.2, 0.25) is 0 Å². The van der Waals surface area contributed by atoms with E-state index in [9.17, 15) is 9.59 Å². The number of fused-ring (bicyclic) bond motifs is 1. The van der Waals surface area contributed by atoms with E-state index < -0.39 is 11.7 Å². The average Bonchev–Trinajstić information content (AvgIpc) is 2.33. The first-order valence-electron chi connectivity index (χ1n) is 3.84. The number of Topliss-reactive ketones (excluding diaryl/α,β-unsaturated/α-hetero) is 1. The molecule has 1 heterocycles. The highest BCUT2D eigenvalue weighted by Gasteiger charge is 2.34. The Balaban J connectivity index is 2.73. The van der Waals surface area contributed by atoms with Gasteiger partial charge in [-0.15, -0.1) is 0 Å². The number of hydrogen-bond donors (Lipinski definition) is 0. The zero-order chi connectivity index (χ0) is 9.59. The number of amides is 1. The normalized spacial score (nSPS) is 15.1. The van der Waals surface area contributed by atoms with Gasteiger partial charge in [0.15, 0.2) is 0 Å². The number of ketones is 1. The molecule has 1 amide bonds. The molecule has 3 heteroatoms. The van der Waals surface area contributed by atoms with Gasteiger partial charge in [-0.3, -0.25) is 9.59 Å². The quantitative estimate of drug-likeness (QED) is 0.547. The molecular weight excluding hydrogens is 166 g/mol. The molecule has 0 spiro atoms. The molecule has 0 unspecified atom stereocenters. The van der Waals surface area contributed by atoms with Gasteiger partial charge in [0.25, 0.3) is 11.7 Å². The van der Waals surface area contributed by atoms with Gasteiger partial charge in [-0.05, 0) is 18.6 Å². The molecule has 0 atom stereocenters. The molecule has 3 nitrogen and oxygen atoms in total. The van der Waals surface area contributed by atoms with Crippen LogP contribution in [0.25, 0.3) is 0 Å². The summed E-state index contributed by atoms with van der Waals surface area (Å²) in [5.41, 5.74) is 1.28. The van der Waals surface area contributed by atoms with Crippen LogP contribution in [0.1, 0.15) is 15.9 Å². The van der Waals surface area contributed by atoms with Crippen molar-refractivity contribution in [3.8, 4) is 0 Å². The lowest BCUT2D eigenvalue weighted by molar-refractivity contribution is -0.114. The molecule has 13 heavy (non-hydrogen) atoms. The van der Waals surface area contributed by atoms with E-state index in [4.69, 9.17) is 6.92 Å². The lowest BCUT2D eigenvalue weighted by Crippen LogP contribution is -2.24. The lowest BCUT2D eigenvalue weighted by atomic mass is 10.1. The molecule has 2 radical (unpaired) electrons. The maximum absolute atomic E-state index is 11.4. The summed E-state index contributed by atoms with van der Waals surface area (Å²) in [6.07, 6.45) is 0. The Kier molecular flexibility index (Phi) is 1.49. The van der Waals surface area contributed by atoms with Gasteiger partial charge < -0.3 is 4.90 Å². The number of hydrogen-bond acceptors (Lipinski definition) is 2. The van der Waals surface area contributed by atoms with Gasteiger partial charge in [-0.25, -0.2) is 0 Å². The van der Waals surface area contributed by atoms with Crippen LogP contribution in [-0.4, -0.2) is 18.7 Å². The number of likely N-dealkylation sites (N-methyl/N-ethyl adjacent to an activating group) is 1. The van der Waals surface area contributed by atoms with Crippen LogP contribution < -0.4 is 4.90 Å². The van der Waals surface area contributed by atoms with Gasteiger partial charge in [0.05, 0.1) is 11.3 Å². The standard InChI is InChI=1S/C10H7NO2/c1-6-4-3-5-7-8(6)9(12)10(13)11(7)2/h1,3-5H,2H3. The van der Waals surface area contributed by atoms with Crippen LogP contribution in [0.5, 0.6) is 0 Å². The molecule has 1 aliphatic rings. The predicted octanol–water partition coefficient (Wildman–Crippen LogP) is 0.905. The Morgan fingerprint density at radius 2 is 2.00 bits per heavy atom. The molecule has 1 aliphatic heterocycles. The predicted molar refractivity (Wildman–Crippen MR) is 47.6 cm³/mol. The van der Waals surface area contributed by atoms with Crippen molar-refractivity contribution < 1.29 is 9.59 Å². The number of rotatable bonds is 0. The van der Waals surface area contributed by atoms with E-state index in [-0.39, 0.29) is 0 Å². The van der Waals surface area contributed by atoms with Crippen LogP contribution in [0.4, 0.5) is 5.69 Å². The number of anilines is 1. The fraction of sp³-hybridized carbons (Fsp3) is 0.100. The molecule has 0 aromatic heterocycles. The van der Waals surface area contributed by atoms with E-state index >= 15 is 0 Å². The summed E-state index contributed by atoms with van der Waals surface area (Å²) in [7, 11) is 1.56. The number of carbonyl (C=O) groups excluding carboxylic acids is 2. The molecule has 0 saturated heterocycles. The fourth-order valence-corrected chi connectivity index (χ4v) is 1.45. The lowest BCUT2D eigenvalue weighted by Gasteiger charge is -2.07. The van der Waals surface area contributed by atoms with Crippen molar-refractivity contribution >= 4 is 17.4 Å². The molecule has 0 bridgehead atoms. The molecule has 1 aromatic rings. The van der Waals surface area contributed by atoms with Crippen molar-refractivity contribution in [2.45, 2.75) is 0 Å². The first-order valence-corrected chi connectivity index (χ1v) is 3.84. The summed E-state index contributed by atoms with van der Waals surface area (Å²) < 4.78 is 0. The second kappa shape index (κ2) is 2.42. The summed E-state index contributed by atoms with van der Waals surface area (Å²) in [5.74, 6) is -1.04. The van der Waals surface area contributed by atoms with Crippen molar-refractivity contribution in [2.75, 3.05) is 11.9 Å². The van der Waals surface area contributed by atoms with Gasteiger partial charge >= 0.3 is 0 Å². The zero-order valence-electron chi connectivity index (χ0n) is 7.07. The maximum atomic E-state index is 11.4. The molecule has 0 saturated carbocycles. The molecule has 1 aromatic carbocycles. The first kappa shape index (κ1) is 7.98. The molecule has 64 valence electrons. The summed E-state index contributed by atoms with van der Waals surface area (Å²) in [6.45, 7) is 5.59.